The fourth-order valence-electron chi connectivity index (χ4n) is 2.92. The number of fused-ring (bicyclic) bond motifs is 1. The van der Waals surface area contributed by atoms with E-state index in [0.717, 1.165) is 31.4 Å². The van der Waals surface area contributed by atoms with Gasteiger partial charge in [-0.25, -0.2) is 15.0 Å². The Morgan fingerprint density at radius 1 is 1.17 bits per heavy atom. The van der Waals surface area contributed by atoms with E-state index in [1.807, 2.05) is 0 Å². The lowest BCUT2D eigenvalue weighted by molar-refractivity contribution is -0.0511. The van der Waals surface area contributed by atoms with Crippen molar-refractivity contribution < 1.29 is 20.1 Å². The minimum absolute atomic E-state index is 0.362. The van der Waals surface area contributed by atoms with Gasteiger partial charge in [0.05, 0.1) is 18.6 Å². The number of aliphatic hydroxyl groups is 3. The number of aryl methyl sites for hydroxylation is 1. The summed E-state index contributed by atoms with van der Waals surface area (Å²) in [7, 11) is 0. The van der Waals surface area contributed by atoms with Crippen LogP contribution in [0.25, 0.3) is 11.2 Å². The molecule has 1 aliphatic rings. The molecule has 1 saturated heterocycles. The van der Waals surface area contributed by atoms with Crippen LogP contribution in [0.4, 0.5) is 0 Å². The number of rotatable bonds is 6. The van der Waals surface area contributed by atoms with Crippen LogP contribution in [0.2, 0.25) is 0 Å². The van der Waals surface area contributed by atoms with Crippen molar-refractivity contribution in [3.63, 3.8) is 0 Å². The lowest BCUT2D eigenvalue weighted by atomic mass is 10.1. The Hall–Kier alpha value is -1.61. The van der Waals surface area contributed by atoms with Gasteiger partial charge in [-0.15, -0.1) is 0 Å². The maximum Gasteiger partial charge on any atom is 0.165 e. The molecular weight excluding hydrogens is 300 g/mol. The van der Waals surface area contributed by atoms with Crippen LogP contribution >= 0.6 is 0 Å². The molecule has 3 heterocycles. The van der Waals surface area contributed by atoms with Crippen molar-refractivity contribution in [2.24, 2.45) is 0 Å². The third-order valence-corrected chi connectivity index (χ3v) is 4.24. The van der Waals surface area contributed by atoms with Crippen molar-refractivity contribution in [3.8, 4) is 0 Å². The van der Waals surface area contributed by atoms with Crippen LogP contribution in [0.1, 0.15) is 38.1 Å². The molecule has 2 aromatic heterocycles. The predicted octanol–water partition coefficient (Wildman–Crippen LogP) is 0.170. The van der Waals surface area contributed by atoms with Crippen LogP contribution in [-0.2, 0) is 11.2 Å². The molecule has 0 spiro atoms. The SMILES string of the molecule is CCCCCc1ncnc2c1ncn2[C@@H]1O[C@H](CO)[C@@H](O)[C@H]1O. The lowest BCUT2D eigenvalue weighted by Crippen LogP contribution is -2.33. The number of nitrogens with zero attached hydrogens (tertiary/aromatic N) is 4. The molecule has 3 rings (SSSR count). The monoisotopic (exact) mass is 322 g/mol. The second-order valence-electron chi connectivity index (χ2n) is 5.83. The number of aliphatic hydroxyl groups excluding tert-OH is 3. The number of aromatic nitrogens is 4. The summed E-state index contributed by atoms with van der Waals surface area (Å²) >= 11 is 0. The third kappa shape index (κ3) is 2.94. The Labute approximate surface area is 133 Å². The fraction of sp³-hybridized carbons (Fsp3) is 0.667. The van der Waals surface area contributed by atoms with Gasteiger partial charge in [0, 0.05) is 0 Å². The average molecular weight is 322 g/mol. The van der Waals surface area contributed by atoms with Crippen molar-refractivity contribution in [1.29, 1.82) is 0 Å². The zero-order valence-electron chi connectivity index (χ0n) is 13.0. The van der Waals surface area contributed by atoms with Gasteiger partial charge >= 0.3 is 0 Å². The molecule has 1 fully saturated rings. The minimum Gasteiger partial charge on any atom is -0.394 e. The van der Waals surface area contributed by atoms with E-state index < -0.39 is 24.5 Å². The summed E-state index contributed by atoms with van der Waals surface area (Å²) in [6, 6.07) is 0. The van der Waals surface area contributed by atoms with E-state index in [4.69, 9.17) is 4.74 Å². The molecule has 4 atom stereocenters. The molecule has 8 nitrogen and oxygen atoms in total. The summed E-state index contributed by atoms with van der Waals surface area (Å²) in [5, 5.41) is 29.3. The molecule has 0 aromatic carbocycles. The fourth-order valence-corrected chi connectivity index (χ4v) is 2.92. The summed E-state index contributed by atoms with van der Waals surface area (Å²) in [5.41, 5.74) is 2.11. The molecule has 0 saturated carbocycles. The molecule has 0 unspecified atom stereocenters. The van der Waals surface area contributed by atoms with E-state index in [2.05, 4.69) is 21.9 Å². The van der Waals surface area contributed by atoms with Gasteiger partial charge in [0.15, 0.2) is 11.9 Å². The highest BCUT2D eigenvalue weighted by molar-refractivity contribution is 5.73. The van der Waals surface area contributed by atoms with Crippen LogP contribution in [0, 0.1) is 0 Å². The van der Waals surface area contributed by atoms with E-state index in [1.54, 1.807) is 4.57 Å². The van der Waals surface area contributed by atoms with Gasteiger partial charge in [-0.05, 0) is 12.8 Å². The van der Waals surface area contributed by atoms with Crippen molar-refractivity contribution >= 4 is 11.2 Å². The predicted molar refractivity (Wildman–Crippen MR) is 81.6 cm³/mol. The molecule has 8 heteroatoms. The second kappa shape index (κ2) is 6.88. The molecule has 3 N–H and O–H groups in total. The zero-order valence-corrected chi connectivity index (χ0v) is 13.0. The zero-order chi connectivity index (χ0) is 16.4. The van der Waals surface area contributed by atoms with E-state index in [1.165, 1.54) is 12.7 Å². The molecule has 0 aliphatic carbocycles. The Kier molecular flexibility index (Phi) is 4.86. The summed E-state index contributed by atoms with van der Waals surface area (Å²) in [6.07, 6.45) is 3.17. The average Bonchev–Trinajstić information content (AvgIpc) is 3.11. The number of unbranched alkanes of at least 4 members (excludes halogenated alkanes) is 2. The first-order chi connectivity index (χ1) is 11.2. The van der Waals surface area contributed by atoms with Crippen LogP contribution in [0.5, 0.6) is 0 Å². The van der Waals surface area contributed by atoms with E-state index in [0.29, 0.717) is 11.2 Å². The summed E-state index contributed by atoms with van der Waals surface area (Å²) < 4.78 is 7.13. The van der Waals surface area contributed by atoms with Gasteiger partial charge in [-0.3, -0.25) is 4.57 Å². The Bertz CT molecular complexity index is 662. The van der Waals surface area contributed by atoms with E-state index in [-0.39, 0.29) is 6.61 Å². The Morgan fingerprint density at radius 2 is 2.00 bits per heavy atom. The normalized spacial score (nSPS) is 27.8. The number of hydrogen-bond donors (Lipinski definition) is 3. The third-order valence-electron chi connectivity index (χ3n) is 4.24. The van der Waals surface area contributed by atoms with Gasteiger partial charge < -0.3 is 20.1 Å². The first-order valence-corrected chi connectivity index (χ1v) is 7.96. The van der Waals surface area contributed by atoms with Crippen LogP contribution in [-0.4, -0.2) is 59.8 Å². The lowest BCUT2D eigenvalue weighted by Gasteiger charge is -2.16. The van der Waals surface area contributed by atoms with Crippen LogP contribution < -0.4 is 0 Å². The molecule has 1 aliphatic heterocycles. The smallest absolute Gasteiger partial charge is 0.165 e. The van der Waals surface area contributed by atoms with Gasteiger partial charge in [-0.1, -0.05) is 19.8 Å². The minimum atomic E-state index is -1.15. The molecule has 126 valence electrons. The number of hydrogen-bond acceptors (Lipinski definition) is 7. The highest BCUT2D eigenvalue weighted by atomic mass is 16.6. The molecule has 23 heavy (non-hydrogen) atoms. The molecule has 0 radical (unpaired) electrons. The van der Waals surface area contributed by atoms with Gasteiger partial charge in [-0.2, -0.15) is 0 Å². The van der Waals surface area contributed by atoms with Crippen LogP contribution in [0.3, 0.4) is 0 Å². The topological polar surface area (TPSA) is 114 Å². The Morgan fingerprint density at radius 3 is 2.70 bits per heavy atom. The van der Waals surface area contributed by atoms with Crippen LogP contribution in [0.15, 0.2) is 12.7 Å². The molecular formula is C15H22N4O4. The highest BCUT2D eigenvalue weighted by Gasteiger charge is 2.43. The van der Waals surface area contributed by atoms with Crippen molar-refractivity contribution in [2.45, 2.75) is 57.1 Å². The van der Waals surface area contributed by atoms with Gasteiger partial charge in [0.25, 0.3) is 0 Å². The first kappa shape index (κ1) is 16.3. The second-order valence-corrected chi connectivity index (χ2v) is 5.83. The summed E-state index contributed by atoms with van der Waals surface area (Å²) in [6.45, 7) is 1.78. The standard InChI is InChI=1S/C15H22N4O4/c1-2-3-4-5-9-11-14(17-7-16-9)19(8-18-11)15-13(22)12(21)10(6-20)23-15/h7-8,10,12-13,15,20-22H,2-6H2,1H3/t10-,12-,13-,15-/m1/s1. The summed E-state index contributed by atoms with van der Waals surface area (Å²) in [5.74, 6) is 0. The first-order valence-electron chi connectivity index (χ1n) is 7.96. The maximum atomic E-state index is 10.2. The quantitative estimate of drug-likeness (QED) is 0.650. The maximum absolute atomic E-state index is 10.2. The Balaban J connectivity index is 1.90. The summed E-state index contributed by atoms with van der Waals surface area (Å²) in [4.78, 5) is 12.9. The largest absolute Gasteiger partial charge is 0.394 e. The molecule has 0 amide bonds. The number of imidazole rings is 1. The van der Waals surface area contributed by atoms with Gasteiger partial charge in [0.1, 0.15) is 30.2 Å². The van der Waals surface area contributed by atoms with Crippen molar-refractivity contribution in [1.82, 2.24) is 19.5 Å². The van der Waals surface area contributed by atoms with E-state index in [9.17, 15) is 15.3 Å². The number of ether oxygens (including phenoxy) is 1. The van der Waals surface area contributed by atoms with Crippen molar-refractivity contribution in [2.75, 3.05) is 6.61 Å². The molecule has 2 aromatic rings. The highest BCUT2D eigenvalue weighted by Crippen LogP contribution is 2.31. The van der Waals surface area contributed by atoms with Crippen molar-refractivity contribution in [3.05, 3.63) is 18.3 Å². The van der Waals surface area contributed by atoms with E-state index >= 15 is 0 Å². The molecule has 0 bridgehead atoms. The van der Waals surface area contributed by atoms with Gasteiger partial charge in [0.2, 0.25) is 0 Å².